The van der Waals surface area contributed by atoms with Gasteiger partial charge in [-0.05, 0) is 32.2 Å². The van der Waals surface area contributed by atoms with Crippen molar-refractivity contribution < 1.29 is 0 Å². The summed E-state index contributed by atoms with van der Waals surface area (Å²) in [6, 6.07) is 1.78. The molecule has 2 fully saturated rings. The first kappa shape index (κ1) is 16.3. The van der Waals surface area contributed by atoms with E-state index in [2.05, 4.69) is 23.6 Å². The van der Waals surface area contributed by atoms with Gasteiger partial charge >= 0.3 is 0 Å². The van der Waals surface area contributed by atoms with Crippen LogP contribution in [0.2, 0.25) is 0 Å². The largest absolute Gasteiger partial charge is 0.298 e. The third-order valence-electron chi connectivity index (χ3n) is 5.42. The minimum atomic E-state index is 0.885. The number of hydrogen-bond donors (Lipinski definition) is 0. The molecule has 0 N–H and O–H groups in total. The van der Waals surface area contributed by atoms with Crippen molar-refractivity contribution in [2.75, 3.05) is 26.2 Å². The van der Waals surface area contributed by atoms with Gasteiger partial charge in [0.15, 0.2) is 0 Å². The summed E-state index contributed by atoms with van der Waals surface area (Å²) in [6.07, 6.45) is 14.2. The molecule has 0 bridgehead atoms. The molecule has 0 aliphatic carbocycles. The molecule has 1 atom stereocenters. The van der Waals surface area contributed by atoms with Crippen LogP contribution < -0.4 is 0 Å². The fourth-order valence-electron chi connectivity index (χ4n) is 4.12. The Morgan fingerprint density at radius 3 is 2.25 bits per heavy atom. The summed E-state index contributed by atoms with van der Waals surface area (Å²) < 4.78 is 0. The van der Waals surface area contributed by atoms with Crippen LogP contribution in [0.25, 0.3) is 0 Å². The average Bonchev–Trinajstić information content (AvgIpc) is 2.93. The lowest BCUT2D eigenvalue weighted by Gasteiger charge is -2.42. The molecule has 0 aromatic carbocycles. The standard InChI is InChI=1S/C18H36N2/c1-3-5-7-10-17(11-8-6-4-2)20-15-14-19-13-9-12-18(19)16-20/h17-18H,3-16H2,1-2H3/t18-/m0/s1. The maximum atomic E-state index is 2.86. The van der Waals surface area contributed by atoms with Gasteiger partial charge in [0.25, 0.3) is 0 Å². The van der Waals surface area contributed by atoms with Gasteiger partial charge in [0.1, 0.15) is 0 Å². The SMILES string of the molecule is CCCCCC(CCCCC)N1CCN2CCC[C@H]2C1. The topological polar surface area (TPSA) is 6.48 Å². The zero-order valence-corrected chi connectivity index (χ0v) is 13.9. The van der Waals surface area contributed by atoms with Gasteiger partial charge < -0.3 is 0 Å². The lowest BCUT2D eigenvalue weighted by molar-refractivity contribution is 0.0630. The summed E-state index contributed by atoms with van der Waals surface area (Å²) in [7, 11) is 0. The van der Waals surface area contributed by atoms with Crippen molar-refractivity contribution in [1.29, 1.82) is 0 Å². The van der Waals surface area contributed by atoms with Crippen molar-refractivity contribution in [1.82, 2.24) is 9.80 Å². The highest BCUT2D eigenvalue weighted by Crippen LogP contribution is 2.25. The Hall–Kier alpha value is -0.0800. The number of fused-ring (bicyclic) bond motifs is 1. The summed E-state index contributed by atoms with van der Waals surface area (Å²) in [5.41, 5.74) is 0. The molecule has 2 aliphatic rings. The quantitative estimate of drug-likeness (QED) is 0.581. The van der Waals surface area contributed by atoms with Gasteiger partial charge in [-0.1, -0.05) is 52.4 Å². The molecule has 0 saturated carbocycles. The molecule has 0 amide bonds. The summed E-state index contributed by atoms with van der Waals surface area (Å²) in [6.45, 7) is 10.0. The lowest BCUT2D eigenvalue weighted by atomic mass is 9.98. The van der Waals surface area contributed by atoms with E-state index in [1.165, 1.54) is 90.4 Å². The van der Waals surface area contributed by atoms with Crippen LogP contribution >= 0.6 is 0 Å². The maximum Gasteiger partial charge on any atom is 0.0224 e. The van der Waals surface area contributed by atoms with Crippen molar-refractivity contribution in [2.24, 2.45) is 0 Å². The van der Waals surface area contributed by atoms with Crippen LogP contribution in [0.4, 0.5) is 0 Å². The van der Waals surface area contributed by atoms with E-state index in [1.807, 2.05) is 0 Å². The highest BCUT2D eigenvalue weighted by Gasteiger charge is 2.32. The molecule has 20 heavy (non-hydrogen) atoms. The van der Waals surface area contributed by atoms with Gasteiger partial charge in [-0.15, -0.1) is 0 Å². The molecule has 2 saturated heterocycles. The van der Waals surface area contributed by atoms with Crippen LogP contribution in [0.1, 0.15) is 78.1 Å². The Morgan fingerprint density at radius 2 is 1.60 bits per heavy atom. The molecular weight excluding hydrogens is 244 g/mol. The molecule has 0 unspecified atom stereocenters. The van der Waals surface area contributed by atoms with E-state index in [0.29, 0.717) is 0 Å². The van der Waals surface area contributed by atoms with E-state index in [1.54, 1.807) is 0 Å². The smallest absolute Gasteiger partial charge is 0.0224 e. The molecular formula is C18H36N2. The average molecular weight is 280 g/mol. The second kappa shape index (κ2) is 9.04. The summed E-state index contributed by atoms with van der Waals surface area (Å²) in [5.74, 6) is 0. The first-order chi connectivity index (χ1) is 9.85. The summed E-state index contributed by atoms with van der Waals surface area (Å²) in [4.78, 5) is 5.60. The van der Waals surface area contributed by atoms with Crippen molar-refractivity contribution in [3.8, 4) is 0 Å². The zero-order chi connectivity index (χ0) is 14.2. The Bertz CT molecular complexity index is 244. The Labute approximate surface area is 126 Å². The monoisotopic (exact) mass is 280 g/mol. The number of unbranched alkanes of at least 4 members (excludes halogenated alkanes) is 4. The fraction of sp³-hybridized carbons (Fsp3) is 1.00. The van der Waals surface area contributed by atoms with Crippen LogP contribution in [0.3, 0.4) is 0 Å². The minimum Gasteiger partial charge on any atom is -0.298 e. The number of piperazine rings is 1. The fourth-order valence-corrected chi connectivity index (χ4v) is 4.12. The van der Waals surface area contributed by atoms with E-state index in [4.69, 9.17) is 0 Å². The molecule has 2 heteroatoms. The Balaban J connectivity index is 1.80. The zero-order valence-electron chi connectivity index (χ0n) is 13.9. The van der Waals surface area contributed by atoms with Gasteiger partial charge in [-0.3, -0.25) is 9.80 Å². The highest BCUT2D eigenvalue weighted by molar-refractivity contribution is 4.89. The second-order valence-electron chi connectivity index (χ2n) is 6.97. The first-order valence-corrected chi connectivity index (χ1v) is 9.33. The van der Waals surface area contributed by atoms with Crippen molar-refractivity contribution in [3.63, 3.8) is 0 Å². The highest BCUT2D eigenvalue weighted by atomic mass is 15.3. The van der Waals surface area contributed by atoms with Gasteiger partial charge in [0, 0.05) is 31.7 Å². The molecule has 0 radical (unpaired) electrons. The summed E-state index contributed by atoms with van der Waals surface area (Å²) >= 11 is 0. The molecule has 0 aromatic heterocycles. The lowest BCUT2D eigenvalue weighted by Crippen LogP contribution is -2.53. The van der Waals surface area contributed by atoms with Crippen molar-refractivity contribution in [3.05, 3.63) is 0 Å². The molecule has 2 heterocycles. The van der Waals surface area contributed by atoms with Crippen LogP contribution in [-0.4, -0.2) is 48.1 Å². The van der Waals surface area contributed by atoms with E-state index >= 15 is 0 Å². The number of nitrogens with zero attached hydrogens (tertiary/aromatic N) is 2. The first-order valence-electron chi connectivity index (χ1n) is 9.33. The molecule has 0 spiro atoms. The predicted molar refractivity (Wildman–Crippen MR) is 88.2 cm³/mol. The minimum absolute atomic E-state index is 0.885. The third kappa shape index (κ3) is 4.73. The number of hydrogen-bond acceptors (Lipinski definition) is 2. The van der Waals surface area contributed by atoms with Crippen molar-refractivity contribution in [2.45, 2.75) is 90.1 Å². The molecule has 118 valence electrons. The Morgan fingerprint density at radius 1 is 0.900 bits per heavy atom. The van der Waals surface area contributed by atoms with Crippen LogP contribution in [0.5, 0.6) is 0 Å². The molecule has 2 aliphatic heterocycles. The molecule has 2 nitrogen and oxygen atoms in total. The number of rotatable bonds is 9. The van der Waals surface area contributed by atoms with Gasteiger partial charge in [-0.2, -0.15) is 0 Å². The van der Waals surface area contributed by atoms with E-state index in [9.17, 15) is 0 Å². The van der Waals surface area contributed by atoms with E-state index in [0.717, 1.165) is 12.1 Å². The van der Waals surface area contributed by atoms with E-state index < -0.39 is 0 Å². The Kier molecular flexibility index (Phi) is 7.37. The molecule has 0 aromatic rings. The van der Waals surface area contributed by atoms with Crippen LogP contribution in [0, 0.1) is 0 Å². The molecule has 2 rings (SSSR count). The third-order valence-corrected chi connectivity index (χ3v) is 5.42. The predicted octanol–water partition coefficient (Wildman–Crippen LogP) is 4.30. The van der Waals surface area contributed by atoms with Crippen LogP contribution in [-0.2, 0) is 0 Å². The summed E-state index contributed by atoms with van der Waals surface area (Å²) in [5, 5.41) is 0. The van der Waals surface area contributed by atoms with Gasteiger partial charge in [-0.25, -0.2) is 0 Å². The van der Waals surface area contributed by atoms with E-state index in [-0.39, 0.29) is 0 Å². The van der Waals surface area contributed by atoms with Gasteiger partial charge in [0.05, 0.1) is 0 Å². The van der Waals surface area contributed by atoms with Gasteiger partial charge in [0.2, 0.25) is 0 Å². The van der Waals surface area contributed by atoms with Crippen LogP contribution in [0.15, 0.2) is 0 Å². The second-order valence-corrected chi connectivity index (χ2v) is 6.97. The van der Waals surface area contributed by atoms with Crippen molar-refractivity contribution >= 4 is 0 Å². The normalized spacial score (nSPS) is 24.4. The maximum absolute atomic E-state index is 2.86.